The third-order valence-electron chi connectivity index (χ3n) is 6.36. The summed E-state index contributed by atoms with van der Waals surface area (Å²) in [4.78, 5) is 32.4. The number of hydrogen-bond donors (Lipinski definition) is 1. The molecule has 184 valence electrons. The number of carbonyl (C=O) groups is 2. The molecule has 1 fully saturated rings. The van der Waals surface area contributed by atoms with Crippen molar-refractivity contribution in [2.24, 2.45) is 5.92 Å². The summed E-state index contributed by atoms with van der Waals surface area (Å²) in [6.07, 6.45) is 5.23. The molecule has 1 N–H and O–H groups in total. The maximum absolute atomic E-state index is 13.2. The average Bonchev–Trinajstić information content (AvgIpc) is 3.46. The zero-order chi connectivity index (χ0) is 25.1. The van der Waals surface area contributed by atoms with Crippen LogP contribution in [0.5, 0.6) is 0 Å². The van der Waals surface area contributed by atoms with Crippen molar-refractivity contribution < 1.29 is 14.0 Å². The van der Waals surface area contributed by atoms with Crippen LogP contribution in [0, 0.1) is 5.92 Å². The minimum Gasteiger partial charge on any atom is -0.467 e. The minimum absolute atomic E-state index is 0.00102. The van der Waals surface area contributed by atoms with E-state index in [1.54, 1.807) is 17.2 Å². The van der Waals surface area contributed by atoms with Gasteiger partial charge in [0.1, 0.15) is 12.3 Å². The normalized spacial score (nSPS) is 13.1. The largest absolute Gasteiger partial charge is 0.467 e. The Labute approximate surface area is 210 Å². The van der Waals surface area contributed by atoms with E-state index >= 15 is 0 Å². The molecule has 36 heavy (non-hydrogen) atoms. The summed E-state index contributed by atoms with van der Waals surface area (Å²) in [5.74, 6) is 1.16. The van der Waals surface area contributed by atoms with Gasteiger partial charge in [-0.3, -0.25) is 19.5 Å². The number of aromatic nitrogens is 2. The number of imidazole rings is 1. The van der Waals surface area contributed by atoms with Crippen molar-refractivity contribution in [2.45, 2.75) is 39.2 Å². The number of benzene rings is 2. The van der Waals surface area contributed by atoms with Gasteiger partial charge in [-0.2, -0.15) is 0 Å². The molecule has 1 aliphatic carbocycles. The second kappa shape index (κ2) is 10.2. The number of furan rings is 1. The van der Waals surface area contributed by atoms with Crippen LogP contribution in [0.2, 0.25) is 0 Å². The predicted octanol–water partition coefficient (Wildman–Crippen LogP) is 5.63. The van der Waals surface area contributed by atoms with E-state index in [0.29, 0.717) is 17.6 Å². The molecular formula is C29H30N4O3. The van der Waals surface area contributed by atoms with Crippen LogP contribution in [0.1, 0.15) is 43.9 Å². The van der Waals surface area contributed by atoms with E-state index in [2.05, 4.69) is 31.3 Å². The number of rotatable bonds is 9. The van der Waals surface area contributed by atoms with E-state index in [-0.39, 0.29) is 30.8 Å². The first-order chi connectivity index (χ1) is 17.5. The fraction of sp³-hybridized carbons (Fsp3) is 0.276. The van der Waals surface area contributed by atoms with Gasteiger partial charge < -0.3 is 9.32 Å². The van der Waals surface area contributed by atoms with Gasteiger partial charge in [0.25, 0.3) is 0 Å². The van der Waals surface area contributed by atoms with Gasteiger partial charge in [0.2, 0.25) is 17.8 Å². The van der Waals surface area contributed by atoms with Crippen LogP contribution in [0.25, 0.3) is 16.9 Å². The summed E-state index contributed by atoms with van der Waals surface area (Å²) in [6.45, 7) is 4.50. The molecule has 0 unspecified atom stereocenters. The highest BCUT2D eigenvalue weighted by Gasteiger charge is 2.34. The molecule has 7 heteroatoms. The molecule has 4 aromatic rings. The second-order valence-corrected chi connectivity index (χ2v) is 9.53. The van der Waals surface area contributed by atoms with Gasteiger partial charge >= 0.3 is 0 Å². The number of amides is 2. The van der Waals surface area contributed by atoms with E-state index in [4.69, 9.17) is 9.40 Å². The lowest BCUT2D eigenvalue weighted by Crippen LogP contribution is -2.38. The van der Waals surface area contributed by atoms with Crippen molar-refractivity contribution in [3.63, 3.8) is 0 Å². The molecule has 0 saturated heterocycles. The number of anilines is 1. The van der Waals surface area contributed by atoms with Gasteiger partial charge in [0, 0.05) is 23.4 Å². The SMILES string of the molecule is CC(C)c1ccc(-n2cc(-c3ccccc3)nc2NC(=O)CN(Cc2ccco2)C(=O)C2CC2)cc1. The number of nitrogens with one attached hydrogen (secondary N) is 1. The quantitative estimate of drug-likeness (QED) is 0.335. The molecule has 0 radical (unpaired) electrons. The Morgan fingerprint density at radius 2 is 1.81 bits per heavy atom. The molecule has 2 heterocycles. The summed E-state index contributed by atoms with van der Waals surface area (Å²) in [6, 6.07) is 21.7. The highest BCUT2D eigenvalue weighted by atomic mass is 16.3. The highest BCUT2D eigenvalue weighted by molar-refractivity contribution is 5.94. The van der Waals surface area contributed by atoms with E-state index in [1.165, 1.54) is 5.56 Å². The van der Waals surface area contributed by atoms with Crippen LogP contribution in [0.4, 0.5) is 5.95 Å². The van der Waals surface area contributed by atoms with Gasteiger partial charge in [-0.05, 0) is 48.6 Å². The summed E-state index contributed by atoms with van der Waals surface area (Å²) in [7, 11) is 0. The van der Waals surface area contributed by atoms with Crippen molar-refractivity contribution >= 4 is 17.8 Å². The third-order valence-corrected chi connectivity index (χ3v) is 6.36. The molecule has 0 bridgehead atoms. The van der Waals surface area contributed by atoms with E-state index in [9.17, 15) is 9.59 Å². The molecule has 5 rings (SSSR count). The predicted molar refractivity (Wildman–Crippen MR) is 139 cm³/mol. The van der Waals surface area contributed by atoms with Gasteiger partial charge in [0.05, 0.1) is 18.5 Å². The Hall–Kier alpha value is -4.13. The first-order valence-corrected chi connectivity index (χ1v) is 12.3. The number of nitrogens with zero attached hydrogens (tertiary/aromatic N) is 3. The fourth-order valence-corrected chi connectivity index (χ4v) is 4.16. The van der Waals surface area contributed by atoms with Crippen molar-refractivity contribution in [1.29, 1.82) is 0 Å². The highest BCUT2D eigenvalue weighted by Crippen LogP contribution is 2.31. The molecule has 0 aliphatic heterocycles. The first kappa shape index (κ1) is 23.6. The molecular weight excluding hydrogens is 452 g/mol. The Balaban J connectivity index is 1.41. The standard InChI is InChI=1S/C29H30N4O3/c1-20(2)21-12-14-24(15-13-21)33-18-26(22-7-4-3-5-8-22)30-29(33)31-27(34)19-32(28(35)23-10-11-23)17-25-9-6-16-36-25/h3-9,12-16,18,20,23H,10-11,17,19H2,1-2H3,(H,30,31,34). The van der Waals surface area contributed by atoms with E-state index in [1.807, 2.05) is 59.3 Å². The zero-order valence-electron chi connectivity index (χ0n) is 20.6. The third kappa shape index (κ3) is 5.40. The van der Waals surface area contributed by atoms with Crippen molar-refractivity contribution in [1.82, 2.24) is 14.5 Å². The van der Waals surface area contributed by atoms with Crippen LogP contribution in [-0.4, -0.2) is 32.8 Å². The zero-order valence-corrected chi connectivity index (χ0v) is 20.6. The Morgan fingerprint density at radius 1 is 1.06 bits per heavy atom. The molecule has 7 nitrogen and oxygen atoms in total. The van der Waals surface area contributed by atoms with Crippen LogP contribution < -0.4 is 5.32 Å². The molecule has 0 spiro atoms. The average molecular weight is 483 g/mol. The molecule has 1 aliphatic rings. The molecule has 1 saturated carbocycles. The monoisotopic (exact) mass is 482 g/mol. The summed E-state index contributed by atoms with van der Waals surface area (Å²) in [5, 5.41) is 2.95. The van der Waals surface area contributed by atoms with E-state index < -0.39 is 0 Å². The van der Waals surface area contributed by atoms with E-state index in [0.717, 1.165) is 29.8 Å². The minimum atomic E-state index is -0.305. The van der Waals surface area contributed by atoms with Crippen LogP contribution >= 0.6 is 0 Å². The van der Waals surface area contributed by atoms with Crippen molar-refractivity contribution in [3.05, 3.63) is 90.5 Å². The summed E-state index contributed by atoms with van der Waals surface area (Å²) in [5.41, 5.74) is 3.83. The van der Waals surface area contributed by atoms with Gasteiger partial charge in [-0.15, -0.1) is 0 Å². The van der Waals surface area contributed by atoms with Crippen molar-refractivity contribution in [2.75, 3.05) is 11.9 Å². The summed E-state index contributed by atoms with van der Waals surface area (Å²) >= 11 is 0. The second-order valence-electron chi connectivity index (χ2n) is 9.53. The Bertz CT molecular complexity index is 1320. The fourth-order valence-electron chi connectivity index (χ4n) is 4.16. The lowest BCUT2D eigenvalue weighted by Gasteiger charge is -2.21. The number of carbonyl (C=O) groups excluding carboxylic acids is 2. The van der Waals surface area contributed by atoms with Gasteiger partial charge in [0.15, 0.2) is 0 Å². The topological polar surface area (TPSA) is 80.4 Å². The number of hydrogen-bond acceptors (Lipinski definition) is 4. The molecule has 2 aromatic heterocycles. The maximum Gasteiger partial charge on any atom is 0.246 e. The maximum atomic E-state index is 13.2. The van der Waals surface area contributed by atoms with Gasteiger partial charge in [-0.1, -0.05) is 56.3 Å². The molecule has 0 atom stereocenters. The Morgan fingerprint density at radius 3 is 2.44 bits per heavy atom. The van der Waals surface area contributed by atoms with Gasteiger partial charge in [-0.25, -0.2) is 4.98 Å². The summed E-state index contributed by atoms with van der Waals surface area (Å²) < 4.78 is 7.31. The van der Waals surface area contributed by atoms with Crippen LogP contribution in [0.15, 0.2) is 83.6 Å². The first-order valence-electron chi connectivity index (χ1n) is 12.3. The Kier molecular flexibility index (Phi) is 6.71. The lowest BCUT2D eigenvalue weighted by atomic mass is 10.0. The van der Waals surface area contributed by atoms with Crippen molar-refractivity contribution in [3.8, 4) is 16.9 Å². The lowest BCUT2D eigenvalue weighted by molar-refractivity contribution is -0.136. The molecule has 2 aromatic carbocycles. The van der Waals surface area contributed by atoms with Crippen LogP contribution in [-0.2, 0) is 16.1 Å². The molecule has 2 amide bonds. The van der Waals surface area contributed by atoms with Crippen LogP contribution in [0.3, 0.4) is 0 Å². The smallest absolute Gasteiger partial charge is 0.246 e.